The van der Waals surface area contributed by atoms with Gasteiger partial charge in [-0.2, -0.15) is 13.2 Å². The molecule has 0 aliphatic carbocycles. The maximum absolute atomic E-state index is 12.8. The van der Waals surface area contributed by atoms with E-state index in [2.05, 4.69) is 26.1 Å². The Labute approximate surface area is 119 Å². The summed E-state index contributed by atoms with van der Waals surface area (Å²) < 4.78 is 38.3. The third-order valence-corrected chi connectivity index (χ3v) is 3.38. The van der Waals surface area contributed by atoms with Gasteiger partial charge in [0.1, 0.15) is 0 Å². The third kappa shape index (κ3) is 5.16. The number of benzene rings is 1. The molecular weight excluding hydrogens is 263 g/mol. The van der Waals surface area contributed by atoms with Gasteiger partial charge in [0.25, 0.3) is 0 Å². The zero-order valence-electron chi connectivity index (χ0n) is 12.9. The summed E-state index contributed by atoms with van der Waals surface area (Å²) in [7, 11) is 0. The molecule has 0 saturated carbocycles. The summed E-state index contributed by atoms with van der Waals surface area (Å²) in [6.45, 7) is 10.9. The highest BCUT2D eigenvalue weighted by molar-refractivity contribution is 5.30. The standard InChI is InChI=1S/C16H24F3N/c1-14(2,3)20-10-9-15(4,5)12-7-6-8-13(11-12)16(17,18)19/h6-8,11,20H,9-10H2,1-5H3. The van der Waals surface area contributed by atoms with Crippen LogP contribution in [0.15, 0.2) is 24.3 Å². The molecule has 0 aliphatic heterocycles. The van der Waals surface area contributed by atoms with E-state index in [4.69, 9.17) is 0 Å². The molecule has 0 fully saturated rings. The summed E-state index contributed by atoms with van der Waals surface area (Å²) in [6, 6.07) is 5.63. The van der Waals surface area contributed by atoms with Crippen molar-refractivity contribution in [2.24, 2.45) is 0 Å². The molecule has 0 atom stereocenters. The maximum Gasteiger partial charge on any atom is 0.416 e. The average molecular weight is 287 g/mol. The lowest BCUT2D eigenvalue weighted by atomic mass is 9.80. The van der Waals surface area contributed by atoms with Crippen LogP contribution in [-0.4, -0.2) is 12.1 Å². The molecule has 1 rings (SSSR count). The number of halogens is 3. The molecule has 1 aromatic carbocycles. The molecule has 20 heavy (non-hydrogen) atoms. The topological polar surface area (TPSA) is 12.0 Å². The zero-order chi connectivity index (χ0) is 15.6. The molecule has 0 bridgehead atoms. The maximum atomic E-state index is 12.8. The molecule has 0 unspecified atom stereocenters. The van der Waals surface area contributed by atoms with Crippen LogP contribution in [0, 0.1) is 0 Å². The summed E-state index contributed by atoms with van der Waals surface area (Å²) in [6.07, 6.45) is -3.50. The van der Waals surface area contributed by atoms with Crippen LogP contribution in [0.5, 0.6) is 0 Å². The van der Waals surface area contributed by atoms with E-state index in [1.807, 2.05) is 13.8 Å². The normalized spacial score (nSPS) is 13.6. The summed E-state index contributed by atoms with van der Waals surface area (Å²) in [5, 5.41) is 3.37. The lowest BCUT2D eigenvalue weighted by molar-refractivity contribution is -0.137. The van der Waals surface area contributed by atoms with Gasteiger partial charge in [0.05, 0.1) is 5.56 Å². The van der Waals surface area contributed by atoms with Gasteiger partial charge >= 0.3 is 6.18 Å². The largest absolute Gasteiger partial charge is 0.416 e. The van der Waals surface area contributed by atoms with E-state index in [1.54, 1.807) is 6.07 Å². The summed E-state index contributed by atoms with van der Waals surface area (Å²) in [4.78, 5) is 0. The second-order valence-electron chi connectivity index (χ2n) is 6.89. The number of hydrogen-bond donors (Lipinski definition) is 1. The summed E-state index contributed by atoms with van der Waals surface area (Å²) >= 11 is 0. The minimum Gasteiger partial charge on any atom is -0.312 e. The molecule has 0 amide bonds. The first-order valence-corrected chi connectivity index (χ1v) is 6.85. The zero-order valence-corrected chi connectivity index (χ0v) is 12.9. The molecule has 0 heterocycles. The van der Waals surface area contributed by atoms with Crippen molar-refractivity contribution >= 4 is 0 Å². The Morgan fingerprint density at radius 3 is 2.00 bits per heavy atom. The monoisotopic (exact) mass is 287 g/mol. The number of nitrogens with one attached hydrogen (secondary N) is 1. The molecule has 114 valence electrons. The van der Waals surface area contributed by atoms with Gasteiger partial charge in [-0.25, -0.2) is 0 Å². The van der Waals surface area contributed by atoms with Crippen LogP contribution >= 0.6 is 0 Å². The summed E-state index contributed by atoms with van der Waals surface area (Å²) in [5.74, 6) is 0. The Morgan fingerprint density at radius 2 is 1.50 bits per heavy atom. The van der Waals surface area contributed by atoms with Crippen LogP contribution in [0.2, 0.25) is 0 Å². The highest BCUT2D eigenvalue weighted by Crippen LogP contribution is 2.33. The predicted molar refractivity (Wildman–Crippen MR) is 76.8 cm³/mol. The van der Waals surface area contributed by atoms with Gasteiger partial charge < -0.3 is 5.32 Å². The van der Waals surface area contributed by atoms with E-state index in [-0.39, 0.29) is 11.0 Å². The number of hydrogen-bond acceptors (Lipinski definition) is 1. The fourth-order valence-electron chi connectivity index (χ4n) is 2.01. The van der Waals surface area contributed by atoms with Gasteiger partial charge in [0.2, 0.25) is 0 Å². The first-order valence-electron chi connectivity index (χ1n) is 6.85. The van der Waals surface area contributed by atoms with E-state index in [0.717, 1.165) is 24.6 Å². The molecule has 4 heteroatoms. The highest BCUT2D eigenvalue weighted by Gasteiger charge is 2.32. The van der Waals surface area contributed by atoms with Crippen molar-refractivity contribution in [2.75, 3.05) is 6.54 Å². The second kappa shape index (κ2) is 5.76. The van der Waals surface area contributed by atoms with Crippen LogP contribution in [0.4, 0.5) is 13.2 Å². The van der Waals surface area contributed by atoms with E-state index in [9.17, 15) is 13.2 Å². The minimum atomic E-state index is -4.28. The highest BCUT2D eigenvalue weighted by atomic mass is 19.4. The Kier molecular flexibility index (Phi) is 4.90. The Bertz CT molecular complexity index is 442. The van der Waals surface area contributed by atoms with Crippen LogP contribution in [0.3, 0.4) is 0 Å². The van der Waals surface area contributed by atoms with Crippen LogP contribution in [0.25, 0.3) is 0 Å². The molecule has 0 radical (unpaired) electrons. The number of rotatable bonds is 4. The van der Waals surface area contributed by atoms with Gasteiger partial charge in [-0.1, -0.05) is 32.0 Å². The van der Waals surface area contributed by atoms with Crippen molar-refractivity contribution in [2.45, 2.75) is 58.2 Å². The van der Waals surface area contributed by atoms with E-state index in [1.165, 1.54) is 12.1 Å². The molecule has 0 saturated heterocycles. The SMILES string of the molecule is CC(C)(C)NCCC(C)(C)c1cccc(C(F)(F)F)c1. The van der Waals surface area contributed by atoms with Gasteiger partial charge in [-0.3, -0.25) is 0 Å². The van der Waals surface area contributed by atoms with Crippen LogP contribution in [-0.2, 0) is 11.6 Å². The quantitative estimate of drug-likeness (QED) is 0.841. The lowest BCUT2D eigenvalue weighted by Crippen LogP contribution is -2.38. The average Bonchev–Trinajstić information content (AvgIpc) is 2.26. The third-order valence-electron chi connectivity index (χ3n) is 3.38. The molecular formula is C16H24F3N. The van der Waals surface area contributed by atoms with Crippen molar-refractivity contribution in [1.29, 1.82) is 0 Å². The van der Waals surface area contributed by atoms with Gasteiger partial charge in [-0.15, -0.1) is 0 Å². The van der Waals surface area contributed by atoms with E-state index >= 15 is 0 Å². The Hall–Kier alpha value is -1.03. The van der Waals surface area contributed by atoms with Crippen molar-refractivity contribution in [3.8, 4) is 0 Å². The second-order valence-corrected chi connectivity index (χ2v) is 6.89. The smallest absolute Gasteiger partial charge is 0.312 e. The van der Waals surface area contributed by atoms with E-state index < -0.39 is 11.7 Å². The fourth-order valence-corrected chi connectivity index (χ4v) is 2.01. The lowest BCUT2D eigenvalue weighted by Gasteiger charge is -2.29. The van der Waals surface area contributed by atoms with Crippen LogP contribution in [0.1, 0.15) is 52.2 Å². The van der Waals surface area contributed by atoms with Crippen LogP contribution < -0.4 is 5.32 Å². The molecule has 0 aliphatic rings. The minimum absolute atomic E-state index is 0.0178. The molecule has 1 N–H and O–H groups in total. The number of alkyl halides is 3. The van der Waals surface area contributed by atoms with Crippen molar-refractivity contribution in [3.05, 3.63) is 35.4 Å². The molecule has 0 spiro atoms. The Morgan fingerprint density at radius 1 is 0.950 bits per heavy atom. The van der Waals surface area contributed by atoms with Gasteiger partial charge in [0.15, 0.2) is 0 Å². The van der Waals surface area contributed by atoms with E-state index in [0.29, 0.717) is 0 Å². The first kappa shape index (κ1) is 17.0. The van der Waals surface area contributed by atoms with Gasteiger partial charge in [0, 0.05) is 5.54 Å². The van der Waals surface area contributed by atoms with Crippen molar-refractivity contribution in [1.82, 2.24) is 5.32 Å². The first-order chi connectivity index (χ1) is 8.92. The summed E-state index contributed by atoms with van der Waals surface area (Å²) in [5.41, 5.74) is -0.126. The molecule has 1 nitrogen and oxygen atoms in total. The molecule has 0 aromatic heterocycles. The fraction of sp³-hybridized carbons (Fsp3) is 0.625. The predicted octanol–water partition coefficient (Wildman–Crippen LogP) is 4.76. The van der Waals surface area contributed by atoms with Gasteiger partial charge in [-0.05, 0) is 50.8 Å². The molecule has 1 aromatic rings. The van der Waals surface area contributed by atoms with Crippen molar-refractivity contribution in [3.63, 3.8) is 0 Å². The Balaban J connectivity index is 2.82. The van der Waals surface area contributed by atoms with Crippen molar-refractivity contribution < 1.29 is 13.2 Å².